The molecule has 0 aromatic heterocycles. The molecule has 19 heavy (non-hydrogen) atoms. The number of aromatic hydroxyl groups is 1. The Hall–Kier alpha value is -2.24. The minimum atomic E-state index is -1.24. The first-order valence-corrected chi connectivity index (χ1v) is 6.15. The number of amides is 2. The molecule has 2 rings (SSSR count). The number of hydrogen-bond donors (Lipinski definition) is 4. The Morgan fingerprint density at radius 2 is 2.16 bits per heavy atom. The smallest absolute Gasteiger partial charge is 0.339 e. The van der Waals surface area contributed by atoms with Crippen molar-refractivity contribution in [2.75, 3.05) is 5.32 Å². The topological polar surface area (TPSA) is 98.7 Å². The Labute approximate surface area is 110 Å². The number of carbonyl (C=O) groups is 2. The Bertz CT molecular complexity index is 515. The molecule has 1 aliphatic carbocycles. The SMILES string of the molecule is CCC1CC1NC(=O)Nc1ccc(O)c(C(=O)O)c1. The fourth-order valence-corrected chi connectivity index (χ4v) is 2.00. The van der Waals surface area contributed by atoms with Crippen molar-refractivity contribution in [1.29, 1.82) is 0 Å². The number of carboxylic acid groups (broad SMARTS) is 1. The van der Waals surface area contributed by atoms with Crippen LogP contribution in [0.15, 0.2) is 18.2 Å². The van der Waals surface area contributed by atoms with Gasteiger partial charge in [0, 0.05) is 11.7 Å². The van der Waals surface area contributed by atoms with E-state index in [1.807, 2.05) is 0 Å². The number of rotatable bonds is 4. The summed E-state index contributed by atoms with van der Waals surface area (Å²) in [5.41, 5.74) is 0.0945. The second-order valence-electron chi connectivity index (χ2n) is 4.65. The van der Waals surface area contributed by atoms with Gasteiger partial charge in [-0.2, -0.15) is 0 Å². The molecule has 0 radical (unpaired) electrons. The van der Waals surface area contributed by atoms with E-state index in [0.29, 0.717) is 11.6 Å². The summed E-state index contributed by atoms with van der Waals surface area (Å²) in [5.74, 6) is -1.03. The number of nitrogens with one attached hydrogen (secondary N) is 2. The highest BCUT2D eigenvalue weighted by Gasteiger charge is 2.36. The van der Waals surface area contributed by atoms with Gasteiger partial charge in [-0.15, -0.1) is 0 Å². The van der Waals surface area contributed by atoms with E-state index in [9.17, 15) is 14.7 Å². The van der Waals surface area contributed by atoms with Crippen molar-refractivity contribution < 1.29 is 19.8 Å². The summed E-state index contributed by atoms with van der Waals surface area (Å²) in [7, 11) is 0. The number of carbonyl (C=O) groups excluding carboxylic acids is 1. The summed E-state index contributed by atoms with van der Waals surface area (Å²) in [6.45, 7) is 2.07. The normalized spacial score (nSPS) is 20.7. The third kappa shape index (κ3) is 3.15. The van der Waals surface area contributed by atoms with Crippen molar-refractivity contribution in [3.05, 3.63) is 23.8 Å². The van der Waals surface area contributed by atoms with E-state index < -0.39 is 5.97 Å². The number of aromatic carboxylic acids is 1. The van der Waals surface area contributed by atoms with Gasteiger partial charge < -0.3 is 20.8 Å². The standard InChI is InChI=1S/C13H16N2O4/c1-2-7-5-10(7)15-13(19)14-8-3-4-11(16)9(6-8)12(17)18/h3-4,6-7,10,16H,2,5H2,1H3,(H,17,18)(H2,14,15,19). The molecule has 0 spiro atoms. The van der Waals surface area contributed by atoms with Crippen molar-refractivity contribution in [1.82, 2.24) is 5.32 Å². The van der Waals surface area contributed by atoms with Crippen LogP contribution in [0.1, 0.15) is 30.1 Å². The van der Waals surface area contributed by atoms with Crippen LogP contribution in [-0.2, 0) is 0 Å². The zero-order chi connectivity index (χ0) is 14.0. The zero-order valence-electron chi connectivity index (χ0n) is 10.5. The first-order valence-electron chi connectivity index (χ1n) is 6.15. The summed E-state index contributed by atoms with van der Waals surface area (Å²) in [6.07, 6.45) is 2.02. The van der Waals surface area contributed by atoms with Crippen molar-refractivity contribution in [2.24, 2.45) is 5.92 Å². The molecule has 6 heteroatoms. The largest absolute Gasteiger partial charge is 0.507 e. The third-order valence-corrected chi connectivity index (χ3v) is 3.25. The highest BCUT2D eigenvalue weighted by molar-refractivity contribution is 5.95. The van der Waals surface area contributed by atoms with Crippen molar-refractivity contribution in [3.8, 4) is 5.75 Å². The van der Waals surface area contributed by atoms with Gasteiger partial charge >= 0.3 is 12.0 Å². The predicted molar refractivity (Wildman–Crippen MR) is 69.4 cm³/mol. The molecule has 0 saturated heterocycles. The summed E-state index contributed by atoms with van der Waals surface area (Å²) in [6, 6.07) is 3.77. The Morgan fingerprint density at radius 1 is 1.42 bits per heavy atom. The molecule has 1 aromatic carbocycles. The van der Waals surface area contributed by atoms with Crippen molar-refractivity contribution in [2.45, 2.75) is 25.8 Å². The van der Waals surface area contributed by atoms with E-state index in [1.54, 1.807) is 0 Å². The fourth-order valence-electron chi connectivity index (χ4n) is 2.00. The van der Waals surface area contributed by atoms with Gasteiger partial charge in [-0.3, -0.25) is 0 Å². The second-order valence-corrected chi connectivity index (χ2v) is 4.65. The molecule has 0 bridgehead atoms. The van der Waals surface area contributed by atoms with E-state index in [4.69, 9.17) is 5.11 Å². The number of benzene rings is 1. The lowest BCUT2D eigenvalue weighted by atomic mass is 10.2. The molecular weight excluding hydrogens is 248 g/mol. The quantitative estimate of drug-likeness (QED) is 0.625. The van der Waals surface area contributed by atoms with Gasteiger partial charge in [-0.1, -0.05) is 13.3 Å². The number of phenols is 1. The van der Waals surface area contributed by atoms with E-state index >= 15 is 0 Å². The monoisotopic (exact) mass is 264 g/mol. The van der Waals surface area contributed by atoms with Crippen LogP contribution in [0, 0.1) is 5.92 Å². The molecule has 1 aliphatic rings. The predicted octanol–water partition coefficient (Wildman–Crippen LogP) is 2.01. The molecule has 1 aromatic rings. The van der Waals surface area contributed by atoms with Crippen LogP contribution >= 0.6 is 0 Å². The Morgan fingerprint density at radius 3 is 2.74 bits per heavy atom. The first kappa shape index (κ1) is 13.2. The van der Waals surface area contributed by atoms with Gasteiger partial charge in [0.1, 0.15) is 11.3 Å². The lowest BCUT2D eigenvalue weighted by Crippen LogP contribution is -2.31. The number of carboxylic acids is 1. The van der Waals surface area contributed by atoms with Gasteiger partial charge in [0.25, 0.3) is 0 Å². The maximum Gasteiger partial charge on any atom is 0.339 e. The first-order chi connectivity index (χ1) is 9.01. The highest BCUT2D eigenvalue weighted by atomic mass is 16.4. The van der Waals surface area contributed by atoms with Gasteiger partial charge in [0.2, 0.25) is 0 Å². The van der Waals surface area contributed by atoms with Crippen LogP contribution in [0.5, 0.6) is 5.75 Å². The van der Waals surface area contributed by atoms with E-state index in [1.165, 1.54) is 18.2 Å². The van der Waals surface area contributed by atoms with E-state index in [2.05, 4.69) is 17.6 Å². The average molecular weight is 264 g/mol. The summed E-state index contributed by atoms with van der Waals surface area (Å²) < 4.78 is 0. The average Bonchev–Trinajstić information content (AvgIpc) is 3.09. The molecule has 2 atom stereocenters. The van der Waals surface area contributed by atoms with Crippen LogP contribution in [0.4, 0.5) is 10.5 Å². The maximum absolute atomic E-state index is 11.7. The molecule has 2 unspecified atom stereocenters. The van der Waals surface area contributed by atoms with Gasteiger partial charge in [-0.05, 0) is 30.5 Å². The minimum Gasteiger partial charge on any atom is -0.507 e. The molecule has 102 valence electrons. The van der Waals surface area contributed by atoms with Crippen LogP contribution in [0.3, 0.4) is 0 Å². The lowest BCUT2D eigenvalue weighted by Gasteiger charge is -2.08. The fraction of sp³-hybridized carbons (Fsp3) is 0.385. The van der Waals surface area contributed by atoms with E-state index in [0.717, 1.165) is 12.8 Å². The zero-order valence-corrected chi connectivity index (χ0v) is 10.5. The van der Waals surface area contributed by atoms with Crippen LogP contribution in [-0.4, -0.2) is 28.3 Å². The van der Waals surface area contributed by atoms with Crippen LogP contribution < -0.4 is 10.6 Å². The lowest BCUT2D eigenvalue weighted by molar-refractivity contribution is 0.0693. The highest BCUT2D eigenvalue weighted by Crippen LogP contribution is 2.33. The van der Waals surface area contributed by atoms with Crippen LogP contribution in [0.2, 0.25) is 0 Å². The van der Waals surface area contributed by atoms with Gasteiger partial charge in [0.05, 0.1) is 0 Å². The second kappa shape index (κ2) is 5.17. The molecule has 0 heterocycles. The number of urea groups is 1. The molecule has 1 fully saturated rings. The molecule has 0 aliphatic heterocycles. The summed E-state index contributed by atoms with van der Waals surface area (Å²) >= 11 is 0. The molecule has 6 nitrogen and oxygen atoms in total. The molecule has 1 saturated carbocycles. The molecular formula is C13H16N2O4. The molecule has 4 N–H and O–H groups in total. The minimum absolute atomic E-state index is 0.209. The Kier molecular flexibility index (Phi) is 3.59. The van der Waals surface area contributed by atoms with Crippen LogP contribution in [0.25, 0.3) is 0 Å². The number of anilines is 1. The van der Waals surface area contributed by atoms with E-state index in [-0.39, 0.29) is 23.4 Å². The Balaban J connectivity index is 1.97. The summed E-state index contributed by atoms with van der Waals surface area (Å²) in [4.78, 5) is 22.5. The van der Waals surface area contributed by atoms with Crippen molar-refractivity contribution >= 4 is 17.7 Å². The maximum atomic E-state index is 11.7. The van der Waals surface area contributed by atoms with Gasteiger partial charge in [-0.25, -0.2) is 9.59 Å². The molecule has 2 amide bonds. The van der Waals surface area contributed by atoms with Crippen molar-refractivity contribution in [3.63, 3.8) is 0 Å². The summed E-state index contributed by atoms with van der Waals surface area (Å²) in [5, 5.41) is 23.6. The number of hydrogen-bond acceptors (Lipinski definition) is 3. The third-order valence-electron chi connectivity index (χ3n) is 3.25. The van der Waals surface area contributed by atoms with Gasteiger partial charge in [0.15, 0.2) is 0 Å².